The van der Waals surface area contributed by atoms with E-state index >= 15 is 0 Å². The molecule has 0 unspecified atom stereocenters. The van der Waals surface area contributed by atoms with Crippen LogP contribution >= 0.6 is 0 Å². The number of unbranched alkanes of at least 4 members (excludes halogenated alkanes) is 2. The van der Waals surface area contributed by atoms with Gasteiger partial charge >= 0.3 is 6.18 Å². The molecule has 0 amide bonds. The summed E-state index contributed by atoms with van der Waals surface area (Å²) in [6.45, 7) is 6.20. The van der Waals surface area contributed by atoms with Crippen LogP contribution in [0.25, 0.3) is 0 Å². The summed E-state index contributed by atoms with van der Waals surface area (Å²) in [5.74, 6) is 0. The molecule has 0 heterocycles. The Balaban J connectivity index is 3.17. The summed E-state index contributed by atoms with van der Waals surface area (Å²) in [4.78, 5) is 0. The molecule has 1 N–H and O–H groups in total. The van der Waals surface area contributed by atoms with E-state index in [-0.39, 0.29) is 12.1 Å². The standard InChI is InChI=1S/C11H22F3NO/c1-10(2,3)15-7-5-4-6-8-16-9-11(12,13)14/h15H,4-9H2,1-3H3. The monoisotopic (exact) mass is 241 g/mol. The van der Waals surface area contributed by atoms with E-state index in [1.165, 1.54) is 0 Å². The Morgan fingerprint density at radius 3 is 2.12 bits per heavy atom. The second kappa shape index (κ2) is 7.12. The van der Waals surface area contributed by atoms with E-state index in [9.17, 15) is 13.2 Å². The fourth-order valence-electron chi connectivity index (χ4n) is 1.16. The highest BCUT2D eigenvalue weighted by atomic mass is 19.4. The molecule has 98 valence electrons. The van der Waals surface area contributed by atoms with Gasteiger partial charge in [-0.05, 0) is 46.6 Å². The highest BCUT2D eigenvalue weighted by Crippen LogP contribution is 2.14. The number of hydrogen-bond acceptors (Lipinski definition) is 2. The van der Waals surface area contributed by atoms with Crippen molar-refractivity contribution in [3.8, 4) is 0 Å². The zero-order valence-electron chi connectivity index (χ0n) is 10.3. The maximum atomic E-state index is 11.7. The van der Waals surface area contributed by atoms with E-state index in [2.05, 4.69) is 30.8 Å². The van der Waals surface area contributed by atoms with Crippen molar-refractivity contribution < 1.29 is 17.9 Å². The molecule has 0 saturated heterocycles. The summed E-state index contributed by atoms with van der Waals surface area (Å²) in [5.41, 5.74) is 0.104. The average Bonchev–Trinajstić information content (AvgIpc) is 2.06. The van der Waals surface area contributed by atoms with Gasteiger partial charge in [0, 0.05) is 12.1 Å². The average molecular weight is 241 g/mol. The lowest BCUT2D eigenvalue weighted by molar-refractivity contribution is -0.174. The van der Waals surface area contributed by atoms with Crippen molar-refractivity contribution in [2.75, 3.05) is 19.8 Å². The lowest BCUT2D eigenvalue weighted by atomic mass is 10.1. The van der Waals surface area contributed by atoms with Gasteiger partial charge in [0.2, 0.25) is 0 Å². The molecule has 0 saturated carbocycles. The van der Waals surface area contributed by atoms with Gasteiger partial charge in [0.05, 0.1) is 0 Å². The fraction of sp³-hybridized carbons (Fsp3) is 1.00. The van der Waals surface area contributed by atoms with E-state index in [4.69, 9.17) is 0 Å². The largest absolute Gasteiger partial charge is 0.411 e. The molecule has 0 aliphatic carbocycles. The van der Waals surface area contributed by atoms with E-state index in [0.29, 0.717) is 6.42 Å². The Kier molecular flexibility index (Phi) is 6.99. The third kappa shape index (κ3) is 13.7. The summed E-state index contributed by atoms with van der Waals surface area (Å²) in [5, 5.41) is 3.32. The van der Waals surface area contributed by atoms with Crippen LogP contribution in [0.15, 0.2) is 0 Å². The normalized spacial score (nSPS) is 13.1. The van der Waals surface area contributed by atoms with Gasteiger partial charge in [0.15, 0.2) is 0 Å². The summed E-state index contributed by atoms with van der Waals surface area (Å²) < 4.78 is 39.5. The minimum absolute atomic E-state index is 0.104. The van der Waals surface area contributed by atoms with Gasteiger partial charge < -0.3 is 10.1 Å². The molecule has 0 aromatic rings. The van der Waals surface area contributed by atoms with Gasteiger partial charge in [-0.2, -0.15) is 13.2 Å². The minimum Gasteiger partial charge on any atom is -0.372 e. The molecule has 0 rings (SSSR count). The summed E-state index contributed by atoms with van der Waals surface area (Å²) >= 11 is 0. The maximum Gasteiger partial charge on any atom is 0.411 e. The smallest absolute Gasteiger partial charge is 0.372 e. The second-order valence-corrected chi connectivity index (χ2v) is 4.91. The zero-order chi connectivity index (χ0) is 12.7. The van der Waals surface area contributed by atoms with Crippen LogP contribution in [-0.4, -0.2) is 31.5 Å². The van der Waals surface area contributed by atoms with Gasteiger partial charge in [-0.1, -0.05) is 0 Å². The first-order valence-electron chi connectivity index (χ1n) is 5.60. The first-order chi connectivity index (χ1) is 7.21. The minimum atomic E-state index is -4.20. The van der Waals surface area contributed by atoms with Crippen LogP contribution in [0.2, 0.25) is 0 Å². The molecule has 0 radical (unpaired) electrons. The predicted octanol–water partition coefficient (Wildman–Crippen LogP) is 3.12. The van der Waals surface area contributed by atoms with Gasteiger partial charge in [0.25, 0.3) is 0 Å². The van der Waals surface area contributed by atoms with E-state index in [0.717, 1.165) is 19.4 Å². The number of alkyl halides is 3. The fourth-order valence-corrected chi connectivity index (χ4v) is 1.16. The summed E-state index contributed by atoms with van der Waals surface area (Å²) in [6.07, 6.45) is -1.66. The van der Waals surface area contributed by atoms with Crippen molar-refractivity contribution in [3.63, 3.8) is 0 Å². The quantitative estimate of drug-likeness (QED) is 0.691. The number of halogens is 3. The van der Waals surface area contributed by atoms with Crippen LogP contribution in [-0.2, 0) is 4.74 Å². The van der Waals surface area contributed by atoms with E-state index in [1.54, 1.807) is 0 Å². The first-order valence-corrected chi connectivity index (χ1v) is 5.60. The van der Waals surface area contributed by atoms with Crippen LogP contribution in [0.4, 0.5) is 13.2 Å². The van der Waals surface area contributed by atoms with E-state index in [1.807, 2.05) is 0 Å². The molecule has 0 bridgehead atoms. The van der Waals surface area contributed by atoms with Crippen molar-refractivity contribution in [3.05, 3.63) is 0 Å². The molecule has 0 atom stereocenters. The van der Waals surface area contributed by atoms with Crippen LogP contribution in [0.5, 0.6) is 0 Å². The number of nitrogens with one attached hydrogen (secondary N) is 1. The Morgan fingerprint density at radius 1 is 1.00 bits per heavy atom. The zero-order valence-corrected chi connectivity index (χ0v) is 10.3. The number of ether oxygens (including phenoxy) is 1. The van der Waals surface area contributed by atoms with Crippen LogP contribution in [0.3, 0.4) is 0 Å². The molecule has 0 aromatic heterocycles. The molecule has 16 heavy (non-hydrogen) atoms. The molecule has 0 fully saturated rings. The maximum absolute atomic E-state index is 11.7. The molecule has 0 aromatic carbocycles. The van der Waals surface area contributed by atoms with Gasteiger partial charge in [-0.3, -0.25) is 0 Å². The lowest BCUT2D eigenvalue weighted by Gasteiger charge is -2.20. The first kappa shape index (κ1) is 15.7. The Hall–Kier alpha value is -0.290. The van der Waals surface area contributed by atoms with Gasteiger partial charge in [-0.15, -0.1) is 0 Å². The lowest BCUT2D eigenvalue weighted by Crippen LogP contribution is -2.36. The Labute approximate surface area is 95.5 Å². The molecule has 0 aliphatic rings. The third-order valence-electron chi connectivity index (χ3n) is 1.89. The molecule has 0 aliphatic heterocycles. The van der Waals surface area contributed by atoms with Crippen molar-refractivity contribution in [2.45, 2.75) is 51.7 Å². The van der Waals surface area contributed by atoms with Gasteiger partial charge in [-0.25, -0.2) is 0 Å². The molecular weight excluding hydrogens is 219 g/mol. The molecular formula is C11H22F3NO. The Morgan fingerprint density at radius 2 is 1.62 bits per heavy atom. The SMILES string of the molecule is CC(C)(C)NCCCCCOCC(F)(F)F. The Bertz CT molecular complexity index is 155. The topological polar surface area (TPSA) is 21.3 Å². The summed E-state index contributed by atoms with van der Waals surface area (Å²) in [6, 6.07) is 0. The summed E-state index contributed by atoms with van der Waals surface area (Å²) in [7, 11) is 0. The van der Waals surface area contributed by atoms with Crippen LogP contribution < -0.4 is 5.32 Å². The molecule has 5 heteroatoms. The second-order valence-electron chi connectivity index (χ2n) is 4.91. The van der Waals surface area contributed by atoms with Crippen LogP contribution in [0, 0.1) is 0 Å². The van der Waals surface area contributed by atoms with Crippen molar-refractivity contribution >= 4 is 0 Å². The molecule has 2 nitrogen and oxygen atoms in total. The van der Waals surface area contributed by atoms with Crippen LogP contribution in [0.1, 0.15) is 40.0 Å². The van der Waals surface area contributed by atoms with Gasteiger partial charge in [0.1, 0.15) is 6.61 Å². The number of hydrogen-bond donors (Lipinski definition) is 1. The van der Waals surface area contributed by atoms with E-state index < -0.39 is 12.8 Å². The highest BCUT2D eigenvalue weighted by Gasteiger charge is 2.27. The van der Waals surface area contributed by atoms with Crippen molar-refractivity contribution in [2.24, 2.45) is 0 Å². The third-order valence-corrected chi connectivity index (χ3v) is 1.89. The van der Waals surface area contributed by atoms with Crippen molar-refractivity contribution in [1.29, 1.82) is 0 Å². The number of rotatable bonds is 7. The van der Waals surface area contributed by atoms with Crippen molar-refractivity contribution in [1.82, 2.24) is 5.32 Å². The predicted molar refractivity (Wildman–Crippen MR) is 58.5 cm³/mol. The molecule has 0 spiro atoms. The highest BCUT2D eigenvalue weighted by molar-refractivity contribution is 4.69.